The summed E-state index contributed by atoms with van der Waals surface area (Å²) in [4.78, 5) is 7.75. The van der Waals surface area contributed by atoms with Crippen LogP contribution in [0.15, 0.2) is 36.0 Å². The van der Waals surface area contributed by atoms with Crippen molar-refractivity contribution in [3.8, 4) is 11.5 Å². The van der Waals surface area contributed by atoms with E-state index in [0.717, 1.165) is 31.1 Å². The number of benzene rings is 1. The van der Waals surface area contributed by atoms with Gasteiger partial charge in [0.15, 0.2) is 0 Å². The van der Waals surface area contributed by atoms with Gasteiger partial charge in [-0.2, -0.15) is 0 Å². The van der Waals surface area contributed by atoms with E-state index >= 15 is 0 Å². The molecule has 0 radical (unpaired) electrons. The third-order valence-corrected chi connectivity index (χ3v) is 3.89. The third kappa shape index (κ3) is 3.05. The molecule has 1 aliphatic rings. The normalized spacial score (nSPS) is 16.1. The Kier molecular flexibility index (Phi) is 3.66. The van der Waals surface area contributed by atoms with E-state index in [1.54, 1.807) is 18.4 Å². The number of ether oxygens (including phenoxy) is 2. The molecule has 0 spiro atoms. The number of rotatable bonds is 5. The van der Waals surface area contributed by atoms with Crippen LogP contribution < -0.4 is 9.47 Å². The molecular formula is C14H16N2O2S. The van der Waals surface area contributed by atoms with Crippen molar-refractivity contribution in [2.24, 2.45) is 0 Å². The molecule has 1 aromatic carbocycles. The Morgan fingerprint density at radius 3 is 2.95 bits per heavy atom. The summed E-state index contributed by atoms with van der Waals surface area (Å²) in [7, 11) is 1.67. The van der Waals surface area contributed by atoms with Gasteiger partial charge in [-0.1, -0.05) is 6.07 Å². The number of hydrogen-bond donors (Lipinski definition) is 0. The van der Waals surface area contributed by atoms with Gasteiger partial charge in [0.2, 0.25) is 0 Å². The van der Waals surface area contributed by atoms with E-state index in [-0.39, 0.29) is 6.10 Å². The SMILES string of the molecule is COc1cccc(OC2CN(Cc3cncs3)C2)c1. The lowest BCUT2D eigenvalue weighted by atomic mass is 10.1. The van der Waals surface area contributed by atoms with Gasteiger partial charge in [-0.25, -0.2) is 0 Å². The number of aromatic nitrogens is 1. The largest absolute Gasteiger partial charge is 0.497 e. The molecule has 19 heavy (non-hydrogen) atoms. The summed E-state index contributed by atoms with van der Waals surface area (Å²) < 4.78 is 11.1. The molecule has 0 amide bonds. The molecule has 1 aliphatic heterocycles. The zero-order valence-corrected chi connectivity index (χ0v) is 11.6. The first-order chi connectivity index (χ1) is 9.33. The summed E-state index contributed by atoms with van der Waals surface area (Å²) in [6.07, 6.45) is 2.21. The maximum absolute atomic E-state index is 5.91. The van der Waals surface area contributed by atoms with Gasteiger partial charge in [0.25, 0.3) is 0 Å². The Morgan fingerprint density at radius 2 is 2.21 bits per heavy atom. The molecule has 1 saturated heterocycles. The molecule has 100 valence electrons. The van der Waals surface area contributed by atoms with E-state index in [1.165, 1.54) is 4.88 Å². The topological polar surface area (TPSA) is 34.6 Å². The van der Waals surface area contributed by atoms with Crippen LogP contribution in [0.3, 0.4) is 0 Å². The van der Waals surface area contributed by atoms with Crippen molar-refractivity contribution in [1.82, 2.24) is 9.88 Å². The number of hydrogen-bond acceptors (Lipinski definition) is 5. The van der Waals surface area contributed by atoms with Gasteiger partial charge in [0, 0.05) is 36.8 Å². The molecule has 0 N–H and O–H groups in total. The van der Waals surface area contributed by atoms with E-state index in [0.29, 0.717) is 0 Å². The lowest BCUT2D eigenvalue weighted by Gasteiger charge is -2.38. The minimum Gasteiger partial charge on any atom is -0.497 e. The predicted molar refractivity (Wildman–Crippen MR) is 74.8 cm³/mol. The van der Waals surface area contributed by atoms with Crippen LogP contribution in [-0.4, -0.2) is 36.2 Å². The first-order valence-corrected chi connectivity index (χ1v) is 7.12. The maximum atomic E-state index is 5.91. The van der Waals surface area contributed by atoms with Crippen LogP contribution in [-0.2, 0) is 6.54 Å². The maximum Gasteiger partial charge on any atom is 0.124 e. The fraction of sp³-hybridized carbons (Fsp3) is 0.357. The molecular weight excluding hydrogens is 260 g/mol. The van der Waals surface area contributed by atoms with Gasteiger partial charge < -0.3 is 9.47 Å². The fourth-order valence-corrected chi connectivity index (χ4v) is 2.77. The molecule has 4 nitrogen and oxygen atoms in total. The Bertz CT molecular complexity index is 524. The lowest BCUT2D eigenvalue weighted by Crippen LogP contribution is -2.52. The third-order valence-electron chi connectivity index (χ3n) is 3.13. The summed E-state index contributed by atoms with van der Waals surface area (Å²) in [5.74, 6) is 1.71. The highest BCUT2D eigenvalue weighted by Crippen LogP contribution is 2.23. The van der Waals surface area contributed by atoms with Gasteiger partial charge in [0.1, 0.15) is 17.6 Å². The van der Waals surface area contributed by atoms with Gasteiger partial charge in [-0.15, -0.1) is 11.3 Å². The fourth-order valence-electron chi connectivity index (χ4n) is 2.13. The zero-order chi connectivity index (χ0) is 13.1. The van der Waals surface area contributed by atoms with Crippen LogP contribution in [0.5, 0.6) is 11.5 Å². The monoisotopic (exact) mass is 276 g/mol. The van der Waals surface area contributed by atoms with Crippen LogP contribution >= 0.6 is 11.3 Å². The van der Waals surface area contributed by atoms with Crippen molar-refractivity contribution < 1.29 is 9.47 Å². The molecule has 3 rings (SSSR count). The molecule has 1 fully saturated rings. The lowest BCUT2D eigenvalue weighted by molar-refractivity contribution is 0.0151. The molecule has 0 aliphatic carbocycles. The van der Waals surface area contributed by atoms with Gasteiger partial charge in [-0.3, -0.25) is 9.88 Å². The van der Waals surface area contributed by atoms with Gasteiger partial charge in [-0.05, 0) is 12.1 Å². The van der Waals surface area contributed by atoms with E-state index in [9.17, 15) is 0 Å². The molecule has 0 unspecified atom stereocenters. The van der Waals surface area contributed by atoms with Crippen LogP contribution in [0.4, 0.5) is 0 Å². The van der Waals surface area contributed by atoms with Crippen molar-refractivity contribution in [2.45, 2.75) is 12.6 Å². The molecule has 5 heteroatoms. The quantitative estimate of drug-likeness (QED) is 0.840. The average molecular weight is 276 g/mol. The molecule has 2 heterocycles. The van der Waals surface area contributed by atoms with Crippen LogP contribution in [0, 0.1) is 0 Å². The van der Waals surface area contributed by atoms with Crippen molar-refractivity contribution in [3.05, 3.63) is 40.8 Å². The van der Waals surface area contributed by atoms with Crippen molar-refractivity contribution >= 4 is 11.3 Å². The Morgan fingerprint density at radius 1 is 1.37 bits per heavy atom. The van der Waals surface area contributed by atoms with Crippen molar-refractivity contribution in [2.75, 3.05) is 20.2 Å². The minimum absolute atomic E-state index is 0.278. The highest BCUT2D eigenvalue weighted by Gasteiger charge is 2.28. The number of likely N-dealkylation sites (tertiary alicyclic amines) is 1. The second kappa shape index (κ2) is 5.59. The Balaban J connectivity index is 1.48. The predicted octanol–water partition coefficient (Wildman–Crippen LogP) is 2.41. The summed E-state index contributed by atoms with van der Waals surface area (Å²) >= 11 is 1.70. The average Bonchev–Trinajstić information content (AvgIpc) is 2.89. The van der Waals surface area contributed by atoms with Crippen molar-refractivity contribution in [3.63, 3.8) is 0 Å². The molecule has 2 aromatic rings. The van der Waals surface area contributed by atoms with E-state index in [1.807, 2.05) is 36.0 Å². The number of nitrogens with zero attached hydrogens (tertiary/aromatic N) is 2. The van der Waals surface area contributed by atoms with E-state index in [2.05, 4.69) is 9.88 Å². The Labute approximate surface area is 116 Å². The minimum atomic E-state index is 0.278. The zero-order valence-electron chi connectivity index (χ0n) is 10.8. The second-order valence-corrected chi connectivity index (χ2v) is 5.55. The number of methoxy groups -OCH3 is 1. The van der Waals surface area contributed by atoms with Crippen LogP contribution in [0.25, 0.3) is 0 Å². The molecule has 0 saturated carbocycles. The highest BCUT2D eigenvalue weighted by molar-refractivity contribution is 7.09. The van der Waals surface area contributed by atoms with E-state index in [4.69, 9.17) is 9.47 Å². The molecule has 1 aromatic heterocycles. The standard InChI is InChI=1S/C14H16N2O2S/c1-17-11-3-2-4-12(5-11)18-13-7-16(8-13)9-14-6-15-10-19-14/h2-6,10,13H,7-9H2,1H3. The first-order valence-electron chi connectivity index (χ1n) is 6.24. The first kappa shape index (κ1) is 12.4. The molecule has 0 atom stereocenters. The smallest absolute Gasteiger partial charge is 0.124 e. The highest BCUT2D eigenvalue weighted by atomic mass is 32.1. The Hall–Kier alpha value is -1.59. The summed E-state index contributed by atoms with van der Waals surface area (Å²) in [5.41, 5.74) is 1.87. The molecule has 0 bridgehead atoms. The summed E-state index contributed by atoms with van der Waals surface area (Å²) in [5, 5.41) is 0. The van der Waals surface area contributed by atoms with Crippen LogP contribution in [0.1, 0.15) is 4.88 Å². The second-order valence-electron chi connectivity index (χ2n) is 4.58. The van der Waals surface area contributed by atoms with Crippen molar-refractivity contribution in [1.29, 1.82) is 0 Å². The van der Waals surface area contributed by atoms with Crippen LogP contribution in [0.2, 0.25) is 0 Å². The summed E-state index contributed by atoms with van der Waals surface area (Å²) in [6, 6.07) is 7.76. The van der Waals surface area contributed by atoms with Gasteiger partial charge in [0.05, 0.1) is 12.6 Å². The summed E-state index contributed by atoms with van der Waals surface area (Å²) in [6.45, 7) is 2.91. The number of thiazole rings is 1. The van der Waals surface area contributed by atoms with Gasteiger partial charge >= 0.3 is 0 Å². The van der Waals surface area contributed by atoms with E-state index < -0.39 is 0 Å².